The molecule has 1 atom stereocenters. The Morgan fingerprint density at radius 1 is 1.32 bits per heavy atom. The second kappa shape index (κ2) is 8.32. The number of aliphatic carboxylic acids is 1. The minimum absolute atomic E-state index is 0.0955. The summed E-state index contributed by atoms with van der Waals surface area (Å²) in [4.78, 5) is 25.7. The van der Waals surface area contributed by atoms with Gasteiger partial charge in [-0.1, -0.05) is 37.3 Å². The minimum Gasteiger partial charge on any atom is -0.479 e. The van der Waals surface area contributed by atoms with Gasteiger partial charge < -0.3 is 9.84 Å². The molecule has 0 saturated heterocycles. The van der Waals surface area contributed by atoms with Crippen LogP contribution in [0.4, 0.5) is 4.79 Å². The fraction of sp³-hybridized carbons (Fsp3) is 0.389. The highest BCUT2D eigenvalue weighted by atomic mass is 16.6. The van der Waals surface area contributed by atoms with Gasteiger partial charge in [-0.05, 0) is 18.9 Å². The summed E-state index contributed by atoms with van der Waals surface area (Å²) in [6.07, 6.45) is 1.45. The minimum atomic E-state index is -1.13. The first-order valence-corrected chi connectivity index (χ1v) is 8.14. The first kappa shape index (κ1) is 18.5. The van der Waals surface area contributed by atoms with Crippen LogP contribution in [0.15, 0.2) is 36.5 Å². The molecule has 0 radical (unpaired) electrons. The molecular weight excluding hydrogens is 322 g/mol. The van der Waals surface area contributed by atoms with Crippen molar-refractivity contribution >= 4 is 12.1 Å². The number of carboxylic acid groups (broad SMARTS) is 1. The average Bonchev–Trinajstić information content (AvgIpc) is 2.92. The second-order valence-corrected chi connectivity index (χ2v) is 5.78. The van der Waals surface area contributed by atoms with Crippen molar-refractivity contribution < 1.29 is 19.4 Å². The molecule has 1 amide bonds. The molecule has 0 aliphatic heterocycles. The molecule has 1 aromatic heterocycles. The lowest BCUT2D eigenvalue weighted by Gasteiger charge is -2.28. The monoisotopic (exact) mass is 345 g/mol. The summed E-state index contributed by atoms with van der Waals surface area (Å²) < 4.78 is 6.93. The maximum absolute atomic E-state index is 12.6. The molecule has 7 heteroatoms. The number of rotatable bonds is 7. The highest BCUT2D eigenvalue weighted by Gasteiger charge is 2.34. The van der Waals surface area contributed by atoms with Gasteiger partial charge in [-0.2, -0.15) is 5.10 Å². The molecule has 1 heterocycles. The zero-order valence-electron chi connectivity index (χ0n) is 14.7. The number of aryl methyl sites for hydroxylation is 1. The Morgan fingerprint density at radius 2 is 2.00 bits per heavy atom. The van der Waals surface area contributed by atoms with Gasteiger partial charge in [-0.3, -0.25) is 9.58 Å². The summed E-state index contributed by atoms with van der Waals surface area (Å²) in [5.41, 5.74) is 2.03. The number of hydrogen-bond donors (Lipinski definition) is 1. The summed E-state index contributed by atoms with van der Waals surface area (Å²) in [6.45, 7) is 4.03. The van der Waals surface area contributed by atoms with Gasteiger partial charge >= 0.3 is 12.1 Å². The molecule has 2 aromatic rings. The van der Waals surface area contributed by atoms with Crippen molar-refractivity contribution in [1.29, 1.82) is 0 Å². The number of aromatic nitrogens is 2. The van der Waals surface area contributed by atoms with Crippen LogP contribution in [-0.4, -0.2) is 38.4 Å². The predicted molar refractivity (Wildman–Crippen MR) is 91.9 cm³/mol. The van der Waals surface area contributed by atoms with Gasteiger partial charge in [0, 0.05) is 24.8 Å². The van der Waals surface area contributed by atoms with Gasteiger partial charge in [-0.15, -0.1) is 0 Å². The van der Waals surface area contributed by atoms with Crippen LogP contribution in [-0.2, 0) is 23.2 Å². The van der Waals surface area contributed by atoms with E-state index in [2.05, 4.69) is 5.10 Å². The normalized spacial score (nSPS) is 11.8. The summed E-state index contributed by atoms with van der Waals surface area (Å²) in [6, 6.07) is 8.14. The third-order valence-electron chi connectivity index (χ3n) is 4.02. The van der Waals surface area contributed by atoms with Crippen LogP contribution in [0.3, 0.4) is 0 Å². The Labute approximate surface area is 146 Å². The van der Waals surface area contributed by atoms with Crippen LogP contribution in [0, 0.1) is 6.92 Å². The molecule has 1 N–H and O–H groups in total. The molecule has 0 fully saturated rings. The fourth-order valence-electron chi connectivity index (χ4n) is 2.59. The van der Waals surface area contributed by atoms with Crippen LogP contribution in [0.1, 0.15) is 36.2 Å². The molecule has 0 aliphatic rings. The third kappa shape index (κ3) is 4.37. The smallest absolute Gasteiger partial charge is 0.411 e. The van der Waals surface area contributed by atoms with Gasteiger partial charge in [0.25, 0.3) is 0 Å². The Balaban J connectivity index is 2.22. The van der Waals surface area contributed by atoms with Gasteiger partial charge in [0.1, 0.15) is 6.61 Å². The van der Waals surface area contributed by atoms with Crippen molar-refractivity contribution in [2.24, 2.45) is 7.05 Å². The van der Waals surface area contributed by atoms with E-state index in [9.17, 15) is 14.7 Å². The molecule has 0 aliphatic carbocycles. The maximum atomic E-state index is 12.6. The number of benzene rings is 1. The fourth-order valence-corrected chi connectivity index (χ4v) is 2.59. The average molecular weight is 345 g/mol. The highest BCUT2D eigenvalue weighted by molar-refractivity contribution is 5.81. The quantitative estimate of drug-likeness (QED) is 0.834. The molecule has 1 unspecified atom stereocenters. The van der Waals surface area contributed by atoms with Gasteiger partial charge in [0.05, 0.1) is 6.20 Å². The van der Waals surface area contributed by atoms with Crippen molar-refractivity contribution in [2.45, 2.75) is 32.9 Å². The molecule has 2 rings (SSSR count). The number of carbonyl (C=O) groups is 2. The first-order chi connectivity index (χ1) is 12.0. The van der Waals surface area contributed by atoms with Crippen molar-refractivity contribution in [1.82, 2.24) is 14.7 Å². The van der Waals surface area contributed by atoms with Crippen molar-refractivity contribution in [3.8, 4) is 0 Å². The molecule has 0 spiro atoms. The molecule has 25 heavy (non-hydrogen) atoms. The summed E-state index contributed by atoms with van der Waals surface area (Å²) in [5, 5.41) is 13.8. The van der Waals surface area contributed by atoms with Gasteiger partial charge in [-0.25, -0.2) is 9.59 Å². The van der Waals surface area contributed by atoms with E-state index in [-0.39, 0.29) is 13.2 Å². The molecule has 0 bridgehead atoms. The predicted octanol–water partition coefficient (Wildman–Crippen LogP) is 2.90. The number of amides is 1. The number of carboxylic acids is 1. The topological polar surface area (TPSA) is 84.7 Å². The number of nitrogens with zero attached hydrogens (tertiary/aromatic N) is 3. The zero-order chi connectivity index (χ0) is 18.4. The van der Waals surface area contributed by atoms with E-state index in [0.29, 0.717) is 17.7 Å². The van der Waals surface area contributed by atoms with E-state index >= 15 is 0 Å². The van der Waals surface area contributed by atoms with Crippen LogP contribution >= 0.6 is 0 Å². The Kier molecular flexibility index (Phi) is 6.16. The summed E-state index contributed by atoms with van der Waals surface area (Å²) >= 11 is 0. The van der Waals surface area contributed by atoms with Crippen LogP contribution in [0.5, 0.6) is 0 Å². The summed E-state index contributed by atoms with van der Waals surface area (Å²) in [5.74, 6) is -1.11. The third-order valence-corrected chi connectivity index (χ3v) is 4.02. The molecule has 7 nitrogen and oxygen atoms in total. The maximum Gasteiger partial charge on any atom is 0.411 e. The number of carbonyl (C=O) groups excluding carboxylic acids is 1. The molecular formula is C18H23N3O4. The largest absolute Gasteiger partial charge is 0.479 e. The van der Waals surface area contributed by atoms with E-state index < -0.39 is 18.1 Å². The van der Waals surface area contributed by atoms with E-state index in [4.69, 9.17) is 4.74 Å². The van der Waals surface area contributed by atoms with Gasteiger partial charge in [0.2, 0.25) is 0 Å². The lowest BCUT2D eigenvalue weighted by atomic mass is 10.1. The van der Waals surface area contributed by atoms with Crippen molar-refractivity contribution in [2.75, 3.05) is 6.54 Å². The standard InChI is InChI=1S/C18H23N3O4/c1-4-10-21(18(24)25-12-14-8-6-5-7-9-14)16(17(22)23)15-11-19-20(3)13(15)2/h5-9,11,16H,4,10,12H2,1-3H3,(H,22,23). The molecule has 1 aromatic carbocycles. The molecule has 134 valence electrons. The molecule has 0 saturated carbocycles. The van der Waals surface area contributed by atoms with Crippen LogP contribution in [0.25, 0.3) is 0 Å². The first-order valence-electron chi connectivity index (χ1n) is 8.14. The summed E-state index contributed by atoms with van der Waals surface area (Å²) in [7, 11) is 1.73. The van der Waals surface area contributed by atoms with Crippen LogP contribution in [0.2, 0.25) is 0 Å². The van der Waals surface area contributed by atoms with Crippen molar-refractivity contribution in [3.05, 3.63) is 53.3 Å². The number of hydrogen-bond acceptors (Lipinski definition) is 4. The Hall–Kier alpha value is -2.83. The second-order valence-electron chi connectivity index (χ2n) is 5.78. The van der Waals surface area contributed by atoms with E-state index in [0.717, 1.165) is 5.56 Å². The Bertz CT molecular complexity index is 727. The van der Waals surface area contributed by atoms with Crippen LogP contribution < -0.4 is 0 Å². The van der Waals surface area contributed by atoms with E-state index in [1.165, 1.54) is 11.1 Å². The van der Waals surface area contributed by atoms with Gasteiger partial charge in [0.15, 0.2) is 6.04 Å². The van der Waals surface area contributed by atoms with Crippen molar-refractivity contribution in [3.63, 3.8) is 0 Å². The lowest BCUT2D eigenvalue weighted by Crippen LogP contribution is -2.40. The van der Waals surface area contributed by atoms with E-state index in [1.807, 2.05) is 37.3 Å². The lowest BCUT2D eigenvalue weighted by molar-refractivity contribution is -0.143. The highest BCUT2D eigenvalue weighted by Crippen LogP contribution is 2.25. The zero-order valence-corrected chi connectivity index (χ0v) is 14.7. The van der Waals surface area contributed by atoms with E-state index in [1.54, 1.807) is 18.7 Å². The Morgan fingerprint density at radius 3 is 2.52 bits per heavy atom. The SMILES string of the molecule is CCCN(C(=O)OCc1ccccc1)C(C(=O)O)c1cnn(C)c1C. The number of ether oxygens (including phenoxy) is 1.